The van der Waals surface area contributed by atoms with Crippen LogP contribution in [0.15, 0.2) is 0 Å². The Labute approximate surface area is 110 Å². The summed E-state index contributed by atoms with van der Waals surface area (Å²) in [6.45, 7) is 3.68. The van der Waals surface area contributed by atoms with Gasteiger partial charge in [-0.1, -0.05) is 0 Å². The first kappa shape index (κ1) is 17.4. The Morgan fingerprint density at radius 1 is 1.11 bits per heavy atom. The summed E-state index contributed by atoms with van der Waals surface area (Å²) < 4.78 is 21.0. The minimum atomic E-state index is -2.48. The fourth-order valence-electron chi connectivity index (χ4n) is 1.77. The van der Waals surface area contributed by atoms with Gasteiger partial charge in [0, 0.05) is 27.4 Å². The fourth-order valence-corrected chi connectivity index (χ4v) is 3.57. The Hall–Kier alpha value is -0.633. The molecule has 0 aromatic rings. The lowest BCUT2D eigenvalue weighted by atomic mass is 10.0. The fraction of sp³-hybridized carbons (Fsp3) is 0.909. The molecule has 0 unspecified atom stereocenters. The van der Waals surface area contributed by atoms with Gasteiger partial charge < -0.3 is 23.7 Å². The number of unbranched alkanes of at least 4 members (excludes halogenated alkanes) is 1. The number of ether oxygens (including phenoxy) is 1. The third-order valence-corrected chi connectivity index (χ3v) is 5.65. The van der Waals surface area contributed by atoms with E-state index < -0.39 is 20.5 Å². The van der Waals surface area contributed by atoms with Crippen molar-refractivity contribution in [2.24, 2.45) is 5.73 Å². The maximum Gasteiger partial charge on any atom is 0.500 e. The molecule has 7 heteroatoms. The first-order valence-corrected chi connectivity index (χ1v) is 7.88. The van der Waals surface area contributed by atoms with Gasteiger partial charge in [-0.25, -0.2) is 4.79 Å². The number of carbonyl (C=O) groups is 1. The Morgan fingerprint density at radius 3 is 2.00 bits per heavy atom. The first-order chi connectivity index (χ1) is 8.31. The number of rotatable bonds is 9. The van der Waals surface area contributed by atoms with Crippen LogP contribution < -0.4 is 5.73 Å². The summed E-state index contributed by atoms with van der Waals surface area (Å²) in [7, 11) is 2.31. The number of hydrogen-bond donors (Lipinski definition) is 1. The molecule has 2 N–H and O–H groups in total. The van der Waals surface area contributed by atoms with Gasteiger partial charge in [-0.05, 0) is 33.1 Å². The van der Waals surface area contributed by atoms with E-state index in [4.69, 9.17) is 23.7 Å². The molecular weight excluding hydrogens is 254 g/mol. The topological polar surface area (TPSA) is 80.0 Å². The van der Waals surface area contributed by atoms with Crippen molar-refractivity contribution < 1.29 is 22.8 Å². The molecular formula is C11H25NO5Si. The van der Waals surface area contributed by atoms with Crippen LogP contribution in [0, 0.1) is 0 Å². The highest BCUT2D eigenvalue weighted by atomic mass is 28.4. The number of carbonyl (C=O) groups excluding carboxylic acids is 1. The summed E-state index contributed by atoms with van der Waals surface area (Å²) in [4.78, 5) is 10.7. The van der Waals surface area contributed by atoms with Crippen LogP contribution in [0.5, 0.6) is 0 Å². The molecule has 0 fully saturated rings. The first-order valence-electron chi connectivity index (χ1n) is 5.95. The molecule has 18 heavy (non-hydrogen) atoms. The van der Waals surface area contributed by atoms with Gasteiger partial charge in [-0.15, -0.1) is 0 Å². The van der Waals surface area contributed by atoms with Crippen molar-refractivity contribution in [1.29, 1.82) is 0 Å². The van der Waals surface area contributed by atoms with E-state index in [0.29, 0.717) is 0 Å². The largest absolute Gasteiger partial charge is 0.500 e. The van der Waals surface area contributed by atoms with Crippen LogP contribution >= 0.6 is 0 Å². The maximum atomic E-state index is 10.7. The van der Waals surface area contributed by atoms with Crippen molar-refractivity contribution in [2.75, 3.05) is 21.3 Å². The molecule has 0 aliphatic carbocycles. The average molecular weight is 279 g/mol. The summed E-state index contributed by atoms with van der Waals surface area (Å²) in [5.41, 5.74) is 4.46. The predicted molar refractivity (Wildman–Crippen MR) is 70.2 cm³/mol. The third kappa shape index (κ3) is 6.34. The quantitative estimate of drug-likeness (QED) is 0.515. The van der Waals surface area contributed by atoms with E-state index in [9.17, 15) is 4.79 Å². The van der Waals surface area contributed by atoms with Gasteiger partial charge in [-0.3, -0.25) is 0 Å². The minimum absolute atomic E-state index is 0.538. The van der Waals surface area contributed by atoms with E-state index in [-0.39, 0.29) is 0 Å². The summed E-state index contributed by atoms with van der Waals surface area (Å²) in [6, 6.07) is 0.739. The summed E-state index contributed by atoms with van der Waals surface area (Å²) in [5.74, 6) is 0. The van der Waals surface area contributed by atoms with E-state index in [1.165, 1.54) is 0 Å². The number of amides is 1. The van der Waals surface area contributed by atoms with Crippen molar-refractivity contribution >= 4 is 14.9 Å². The molecule has 0 rings (SSSR count). The van der Waals surface area contributed by atoms with Gasteiger partial charge in [0.15, 0.2) is 0 Å². The van der Waals surface area contributed by atoms with Crippen LogP contribution in [0.1, 0.15) is 33.1 Å². The molecule has 0 aromatic carbocycles. The molecule has 1 amide bonds. The lowest BCUT2D eigenvalue weighted by molar-refractivity contribution is 0.0370. The van der Waals surface area contributed by atoms with Gasteiger partial charge in [0.25, 0.3) is 0 Å². The normalized spacial score (nSPS) is 12.5. The molecule has 108 valence electrons. The lowest BCUT2D eigenvalue weighted by Crippen LogP contribution is -2.42. The van der Waals surface area contributed by atoms with E-state index in [2.05, 4.69) is 0 Å². The van der Waals surface area contributed by atoms with Crippen molar-refractivity contribution in [3.05, 3.63) is 0 Å². The van der Waals surface area contributed by atoms with Gasteiger partial charge in [-0.2, -0.15) is 0 Å². The Morgan fingerprint density at radius 2 is 1.61 bits per heavy atom. The molecule has 0 atom stereocenters. The highest BCUT2D eigenvalue weighted by Crippen LogP contribution is 2.22. The van der Waals surface area contributed by atoms with E-state index in [0.717, 1.165) is 25.3 Å². The zero-order valence-electron chi connectivity index (χ0n) is 11.9. The van der Waals surface area contributed by atoms with Crippen LogP contribution in [-0.4, -0.2) is 41.8 Å². The second kappa shape index (κ2) is 7.73. The zero-order chi connectivity index (χ0) is 14.2. The average Bonchev–Trinajstić information content (AvgIpc) is 2.29. The second-order valence-electron chi connectivity index (χ2n) is 4.68. The summed E-state index contributed by atoms with van der Waals surface area (Å²) in [6.07, 6.45) is 1.75. The van der Waals surface area contributed by atoms with Gasteiger partial charge in [0.1, 0.15) is 5.60 Å². The SMILES string of the molecule is CO[Si](CCCCC(C)(C)OC(N)=O)(OC)OC. The Kier molecular flexibility index (Phi) is 7.45. The van der Waals surface area contributed by atoms with Crippen molar-refractivity contribution in [2.45, 2.75) is 44.8 Å². The number of nitrogens with two attached hydrogens (primary N) is 1. The predicted octanol–water partition coefficient (Wildman–Crippen LogP) is 1.91. The van der Waals surface area contributed by atoms with Crippen LogP contribution in [0.3, 0.4) is 0 Å². The monoisotopic (exact) mass is 279 g/mol. The van der Waals surface area contributed by atoms with Crippen LogP contribution in [0.2, 0.25) is 6.04 Å². The molecule has 0 spiro atoms. The summed E-state index contributed by atoms with van der Waals surface area (Å²) in [5, 5.41) is 0. The molecule has 0 saturated carbocycles. The molecule has 0 aliphatic rings. The standard InChI is InChI=1S/C11H25NO5Si/c1-11(2,17-10(12)13)8-6-7-9-18(14-3,15-4)16-5/h6-9H2,1-5H3,(H2,12,13). The maximum absolute atomic E-state index is 10.7. The van der Waals surface area contributed by atoms with E-state index in [1.54, 1.807) is 21.3 Å². The Balaban J connectivity index is 4.01. The van der Waals surface area contributed by atoms with Crippen LogP contribution in [0.25, 0.3) is 0 Å². The van der Waals surface area contributed by atoms with E-state index in [1.807, 2.05) is 13.8 Å². The molecule has 0 saturated heterocycles. The molecule has 0 heterocycles. The van der Waals surface area contributed by atoms with Crippen LogP contribution in [-0.2, 0) is 18.0 Å². The molecule has 6 nitrogen and oxygen atoms in total. The van der Waals surface area contributed by atoms with Gasteiger partial charge in [0.05, 0.1) is 0 Å². The van der Waals surface area contributed by atoms with Gasteiger partial charge in [0.2, 0.25) is 0 Å². The van der Waals surface area contributed by atoms with E-state index >= 15 is 0 Å². The Bertz CT molecular complexity index is 248. The minimum Gasteiger partial charge on any atom is -0.444 e. The summed E-state index contributed by atoms with van der Waals surface area (Å²) >= 11 is 0. The molecule has 0 radical (unpaired) electrons. The smallest absolute Gasteiger partial charge is 0.444 e. The number of primary amides is 1. The van der Waals surface area contributed by atoms with Crippen molar-refractivity contribution in [3.8, 4) is 0 Å². The number of hydrogen-bond acceptors (Lipinski definition) is 5. The molecule has 0 aromatic heterocycles. The second-order valence-corrected chi connectivity index (χ2v) is 7.77. The molecule has 0 bridgehead atoms. The highest BCUT2D eigenvalue weighted by Gasteiger charge is 2.37. The zero-order valence-corrected chi connectivity index (χ0v) is 12.9. The van der Waals surface area contributed by atoms with Crippen molar-refractivity contribution in [3.63, 3.8) is 0 Å². The highest BCUT2D eigenvalue weighted by molar-refractivity contribution is 6.60. The van der Waals surface area contributed by atoms with Crippen LogP contribution in [0.4, 0.5) is 4.79 Å². The van der Waals surface area contributed by atoms with Crippen molar-refractivity contribution in [1.82, 2.24) is 0 Å². The van der Waals surface area contributed by atoms with Gasteiger partial charge >= 0.3 is 14.9 Å². The lowest BCUT2D eigenvalue weighted by Gasteiger charge is -2.26. The third-order valence-electron chi connectivity index (χ3n) is 2.82. The molecule has 0 aliphatic heterocycles.